The first-order valence-electron chi connectivity index (χ1n) is 11.7. The average Bonchev–Trinajstić information content (AvgIpc) is 2.68. The van der Waals surface area contributed by atoms with Gasteiger partial charge in [-0.05, 0) is 32.1 Å². The first-order chi connectivity index (χ1) is 13.7. The monoisotopic (exact) mass is 396 g/mol. The van der Waals surface area contributed by atoms with Gasteiger partial charge in [0.1, 0.15) is 0 Å². The summed E-state index contributed by atoms with van der Waals surface area (Å²) in [5, 5.41) is 0. The summed E-state index contributed by atoms with van der Waals surface area (Å²) in [6.45, 7) is 5.35. The molecule has 0 radical (unpaired) electrons. The van der Waals surface area contributed by atoms with Crippen molar-refractivity contribution in [1.29, 1.82) is 0 Å². The third-order valence-corrected chi connectivity index (χ3v) is 4.71. The maximum absolute atomic E-state index is 11.7. The lowest BCUT2D eigenvalue weighted by Gasteiger charge is -2.05. The van der Waals surface area contributed by atoms with Crippen molar-refractivity contribution in [2.24, 2.45) is 0 Å². The van der Waals surface area contributed by atoms with Crippen LogP contribution in [0.15, 0.2) is 12.2 Å². The van der Waals surface area contributed by atoms with E-state index in [1.54, 1.807) is 0 Å². The summed E-state index contributed by atoms with van der Waals surface area (Å²) in [6.07, 6.45) is 20.7. The van der Waals surface area contributed by atoms with Crippen LogP contribution in [0, 0.1) is 0 Å². The lowest BCUT2D eigenvalue weighted by Crippen LogP contribution is -2.09. The lowest BCUT2D eigenvalue weighted by atomic mass is 10.1. The summed E-state index contributed by atoms with van der Waals surface area (Å²) in [7, 11) is 0. The second-order valence-electron chi connectivity index (χ2n) is 7.53. The summed E-state index contributed by atoms with van der Waals surface area (Å²) in [5.74, 6) is -0.430. The lowest BCUT2D eigenvalue weighted by molar-refractivity contribution is -0.145. The molecule has 4 nitrogen and oxygen atoms in total. The number of unbranched alkanes of at least 4 members (excludes halogenated alkanes) is 10. The van der Waals surface area contributed by atoms with Gasteiger partial charge in [0.05, 0.1) is 13.2 Å². The van der Waals surface area contributed by atoms with Gasteiger partial charge in [0.15, 0.2) is 0 Å². The molecule has 164 valence electrons. The van der Waals surface area contributed by atoms with Crippen molar-refractivity contribution in [3.8, 4) is 0 Å². The SMILES string of the molecule is CCCCC/C=C\CCOC(=O)CCCC(=O)OCCCCCCCCCC. The maximum Gasteiger partial charge on any atom is 0.305 e. The minimum Gasteiger partial charge on any atom is -0.466 e. The largest absolute Gasteiger partial charge is 0.466 e. The van der Waals surface area contributed by atoms with Gasteiger partial charge in [0.2, 0.25) is 0 Å². The van der Waals surface area contributed by atoms with Crippen LogP contribution >= 0.6 is 0 Å². The van der Waals surface area contributed by atoms with Crippen LogP contribution in [0.5, 0.6) is 0 Å². The van der Waals surface area contributed by atoms with E-state index in [1.165, 1.54) is 57.8 Å². The summed E-state index contributed by atoms with van der Waals surface area (Å²) in [5.41, 5.74) is 0. The van der Waals surface area contributed by atoms with Crippen molar-refractivity contribution in [1.82, 2.24) is 0 Å². The second-order valence-corrected chi connectivity index (χ2v) is 7.53. The molecule has 0 aliphatic heterocycles. The van der Waals surface area contributed by atoms with Gasteiger partial charge >= 0.3 is 11.9 Å². The highest BCUT2D eigenvalue weighted by molar-refractivity contribution is 5.72. The second kappa shape index (κ2) is 22.0. The van der Waals surface area contributed by atoms with Crippen molar-refractivity contribution >= 4 is 11.9 Å². The van der Waals surface area contributed by atoms with Gasteiger partial charge < -0.3 is 9.47 Å². The highest BCUT2D eigenvalue weighted by Crippen LogP contribution is 2.09. The van der Waals surface area contributed by atoms with Crippen LogP contribution in [0.4, 0.5) is 0 Å². The number of esters is 2. The Morgan fingerprint density at radius 2 is 1.07 bits per heavy atom. The predicted molar refractivity (Wildman–Crippen MR) is 116 cm³/mol. The highest BCUT2D eigenvalue weighted by Gasteiger charge is 2.07. The van der Waals surface area contributed by atoms with Gasteiger partial charge in [-0.1, -0.05) is 83.8 Å². The minimum atomic E-state index is -0.227. The van der Waals surface area contributed by atoms with E-state index in [9.17, 15) is 9.59 Å². The van der Waals surface area contributed by atoms with Gasteiger partial charge in [-0.25, -0.2) is 0 Å². The number of rotatable bonds is 20. The normalized spacial score (nSPS) is 11.1. The van der Waals surface area contributed by atoms with Crippen LogP contribution in [-0.4, -0.2) is 25.2 Å². The molecular weight excluding hydrogens is 352 g/mol. The van der Waals surface area contributed by atoms with Crippen molar-refractivity contribution < 1.29 is 19.1 Å². The topological polar surface area (TPSA) is 52.6 Å². The van der Waals surface area contributed by atoms with E-state index in [-0.39, 0.29) is 18.4 Å². The van der Waals surface area contributed by atoms with Crippen molar-refractivity contribution in [2.75, 3.05) is 13.2 Å². The fourth-order valence-corrected chi connectivity index (χ4v) is 2.93. The Morgan fingerprint density at radius 1 is 0.571 bits per heavy atom. The van der Waals surface area contributed by atoms with Gasteiger partial charge in [0.25, 0.3) is 0 Å². The Kier molecular flexibility index (Phi) is 20.9. The molecule has 0 N–H and O–H groups in total. The standard InChI is InChI=1S/C24H44O4/c1-3-5-7-9-11-13-15-17-22-28-24(26)20-18-19-23(25)27-21-16-14-12-10-8-6-4-2/h12,14H,3-11,13,15-22H2,1-2H3/b14-12-. The zero-order valence-corrected chi connectivity index (χ0v) is 18.5. The summed E-state index contributed by atoms with van der Waals surface area (Å²) >= 11 is 0. The van der Waals surface area contributed by atoms with E-state index in [0.717, 1.165) is 25.7 Å². The van der Waals surface area contributed by atoms with Crippen LogP contribution in [-0.2, 0) is 19.1 Å². The molecule has 0 aliphatic carbocycles. The molecule has 0 heterocycles. The molecule has 0 aromatic rings. The zero-order valence-electron chi connectivity index (χ0n) is 18.5. The third-order valence-electron chi connectivity index (χ3n) is 4.71. The van der Waals surface area contributed by atoms with Crippen molar-refractivity contribution in [2.45, 2.75) is 117 Å². The quantitative estimate of drug-likeness (QED) is 0.127. The third kappa shape index (κ3) is 21.0. The molecule has 0 aromatic heterocycles. The number of ether oxygens (including phenoxy) is 2. The molecule has 0 bridgehead atoms. The summed E-state index contributed by atoms with van der Waals surface area (Å²) in [6, 6.07) is 0. The highest BCUT2D eigenvalue weighted by atomic mass is 16.5. The molecule has 0 atom stereocenters. The number of carbonyl (C=O) groups is 2. The molecule has 28 heavy (non-hydrogen) atoms. The molecule has 4 heteroatoms. The Hall–Kier alpha value is -1.32. The predicted octanol–water partition coefficient (Wildman–Crippen LogP) is 6.91. The maximum atomic E-state index is 11.7. The molecule has 0 fully saturated rings. The molecule has 0 aliphatic rings. The van der Waals surface area contributed by atoms with Crippen molar-refractivity contribution in [3.63, 3.8) is 0 Å². The Labute approximate surface area is 173 Å². The van der Waals surface area contributed by atoms with Gasteiger partial charge in [0, 0.05) is 12.8 Å². The molecule has 0 saturated heterocycles. The minimum absolute atomic E-state index is 0.203. The Morgan fingerprint density at radius 3 is 1.71 bits per heavy atom. The Balaban J connectivity index is 3.37. The van der Waals surface area contributed by atoms with E-state index in [0.29, 0.717) is 26.1 Å². The van der Waals surface area contributed by atoms with Crippen LogP contribution in [0.1, 0.15) is 117 Å². The number of hydrogen-bond donors (Lipinski definition) is 0. The summed E-state index contributed by atoms with van der Waals surface area (Å²) in [4.78, 5) is 23.3. The van der Waals surface area contributed by atoms with Gasteiger partial charge in [-0.3, -0.25) is 9.59 Å². The van der Waals surface area contributed by atoms with Crippen LogP contribution in [0.25, 0.3) is 0 Å². The first kappa shape index (κ1) is 26.7. The summed E-state index contributed by atoms with van der Waals surface area (Å²) < 4.78 is 10.4. The average molecular weight is 397 g/mol. The molecule has 0 unspecified atom stereocenters. The van der Waals surface area contributed by atoms with Gasteiger partial charge in [-0.15, -0.1) is 0 Å². The van der Waals surface area contributed by atoms with E-state index in [1.807, 2.05) is 0 Å². The molecule has 0 saturated carbocycles. The van der Waals surface area contributed by atoms with Crippen LogP contribution in [0.3, 0.4) is 0 Å². The number of allylic oxidation sites excluding steroid dienone is 1. The molecule has 0 rings (SSSR count). The van der Waals surface area contributed by atoms with E-state index in [2.05, 4.69) is 26.0 Å². The van der Waals surface area contributed by atoms with Gasteiger partial charge in [-0.2, -0.15) is 0 Å². The first-order valence-corrected chi connectivity index (χ1v) is 11.7. The smallest absolute Gasteiger partial charge is 0.305 e. The number of carbonyl (C=O) groups excluding carboxylic acids is 2. The Bertz CT molecular complexity index is 390. The van der Waals surface area contributed by atoms with E-state index < -0.39 is 0 Å². The van der Waals surface area contributed by atoms with E-state index >= 15 is 0 Å². The van der Waals surface area contributed by atoms with Crippen LogP contribution in [0.2, 0.25) is 0 Å². The molecule has 0 amide bonds. The van der Waals surface area contributed by atoms with E-state index in [4.69, 9.17) is 9.47 Å². The number of hydrogen-bond acceptors (Lipinski definition) is 4. The fraction of sp³-hybridized carbons (Fsp3) is 0.833. The molecule has 0 aromatic carbocycles. The fourth-order valence-electron chi connectivity index (χ4n) is 2.93. The zero-order chi connectivity index (χ0) is 20.7. The molecular formula is C24H44O4. The van der Waals surface area contributed by atoms with Crippen LogP contribution < -0.4 is 0 Å². The molecule has 0 spiro atoms. The van der Waals surface area contributed by atoms with Crippen molar-refractivity contribution in [3.05, 3.63) is 12.2 Å².